The molecule has 0 radical (unpaired) electrons. The molecule has 0 aromatic heterocycles. The molecule has 0 unspecified atom stereocenters. The number of hydrogen-bond acceptors (Lipinski definition) is 4. The summed E-state index contributed by atoms with van der Waals surface area (Å²) in [6.07, 6.45) is 1.18. The third kappa shape index (κ3) is 2.27. The zero-order valence-electron chi connectivity index (χ0n) is 13.9. The Balaban J connectivity index is 1.59. The van der Waals surface area contributed by atoms with Crippen LogP contribution in [0.5, 0.6) is 5.75 Å². The molecule has 24 heavy (non-hydrogen) atoms. The molecule has 0 spiro atoms. The number of benzene rings is 2. The molecule has 5 nitrogen and oxygen atoms in total. The summed E-state index contributed by atoms with van der Waals surface area (Å²) < 4.78 is 5.78. The van der Waals surface area contributed by atoms with Gasteiger partial charge in [-0.1, -0.05) is 30.3 Å². The molecule has 2 aliphatic rings. The average molecular weight is 326 g/mol. The summed E-state index contributed by atoms with van der Waals surface area (Å²) >= 11 is 0. The molecule has 1 amide bonds. The molecule has 2 aromatic rings. The first-order valence-corrected chi connectivity index (χ1v) is 8.37. The highest BCUT2D eigenvalue weighted by Gasteiger charge is 2.55. The van der Waals surface area contributed by atoms with Gasteiger partial charge in [0.2, 0.25) is 0 Å². The molecule has 4 atom stereocenters. The summed E-state index contributed by atoms with van der Waals surface area (Å²) in [6, 6.07) is 11.3. The largest absolute Gasteiger partial charge is 0.506 e. The number of carbonyl (C=O) groups is 1. The number of nitrogens with one attached hydrogen (secondary N) is 1. The Morgan fingerprint density at radius 2 is 2.04 bits per heavy atom. The lowest BCUT2D eigenvalue weighted by molar-refractivity contribution is -0.0664. The van der Waals surface area contributed by atoms with E-state index in [0.29, 0.717) is 16.9 Å². The smallest absolute Gasteiger partial charge is 0.255 e. The lowest BCUT2D eigenvalue weighted by Crippen LogP contribution is -2.69. The van der Waals surface area contributed by atoms with Gasteiger partial charge in [0.25, 0.3) is 5.91 Å². The highest BCUT2D eigenvalue weighted by Crippen LogP contribution is 2.41. The van der Waals surface area contributed by atoms with Crippen molar-refractivity contribution in [3.8, 4) is 5.75 Å². The van der Waals surface area contributed by atoms with E-state index in [1.54, 1.807) is 6.07 Å². The first kappa shape index (κ1) is 15.4. The molecular formula is C19H22N2O3. The first-order chi connectivity index (χ1) is 11.6. The summed E-state index contributed by atoms with van der Waals surface area (Å²) in [4.78, 5) is 14.8. The van der Waals surface area contributed by atoms with Crippen molar-refractivity contribution in [2.45, 2.75) is 24.6 Å². The second-order valence-electron chi connectivity index (χ2n) is 6.92. The van der Waals surface area contributed by atoms with Crippen LogP contribution in [-0.2, 0) is 4.74 Å². The predicted octanol–water partition coefficient (Wildman–Crippen LogP) is 1.99. The van der Waals surface area contributed by atoms with Crippen molar-refractivity contribution in [3.63, 3.8) is 0 Å². The number of phenolic OH excluding ortho intramolecular Hbond substituents is 1. The van der Waals surface area contributed by atoms with E-state index in [0.717, 1.165) is 18.4 Å². The van der Waals surface area contributed by atoms with E-state index in [4.69, 9.17) is 4.74 Å². The van der Waals surface area contributed by atoms with Gasteiger partial charge >= 0.3 is 0 Å². The summed E-state index contributed by atoms with van der Waals surface area (Å²) in [7, 11) is 4.02. The minimum atomic E-state index is -0.222. The number of nitrogens with zero attached hydrogens (tertiary/aromatic N) is 1. The van der Waals surface area contributed by atoms with Gasteiger partial charge in [-0.2, -0.15) is 0 Å². The molecule has 1 heterocycles. The molecular weight excluding hydrogens is 304 g/mol. The molecule has 126 valence electrons. The highest BCUT2D eigenvalue weighted by molar-refractivity contribution is 6.03. The van der Waals surface area contributed by atoms with Gasteiger partial charge in [-0.15, -0.1) is 0 Å². The summed E-state index contributed by atoms with van der Waals surface area (Å²) in [5, 5.41) is 15.2. The fraction of sp³-hybridized carbons (Fsp3) is 0.421. The van der Waals surface area contributed by atoms with Gasteiger partial charge in [0, 0.05) is 17.9 Å². The molecule has 4 rings (SSSR count). The summed E-state index contributed by atoms with van der Waals surface area (Å²) in [5.74, 6) is 0.190. The Bertz CT molecular complexity index is 789. The zero-order valence-corrected chi connectivity index (χ0v) is 13.9. The number of likely N-dealkylation sites (N-methyl/N-ethyl adjacent to an activating group) is 1. The SMILES string of the molecule is CN(C)[C@@H]1[C@@H](NC(=O)c2ccc3ccccc3c2O)[C@H]2CCO[C@H]21. The molecule has 2 N–H and O–H groups in total. The van der Waals surface area contributed by atoms with Crippen LogP contribution in [0.25, 0.3) is 10.8 Å². The van der Waals surface area contributed by atoms with Crippen molar-refractivity contribution in [2.24, 2.45) is 5.92 Å². The van der Waals surface area contributed by atoms with Crippen molar-refractivity contribution in [2.75, 3.05) is 20.7 Å². The Morgan fingerprint density at radius 3 is 2.83 bits per heavy atom. The maximum atomic E-state index is 12.7. The number of phenols is 1. The van der Waals surface area contributed by atoms with Gasteiger partial charge in [0.1, 0.15) is 5.75 Å². The second-order valence-corrected chi connectivity index (χ2v) is 6.92. The first-order valence-electron chi connectivity index (χ1n) is 8.37. The van der Waals surface area contributed by atoms with Crippen molar-refractivity contribution in [1.29, 1.82) is 0 Å². The van der Waals surface area contributed by atoms with E-state index >= 15 is 0 Å². The van der Waals surface area contributed by atoms with Crippen LogP contribution in [0.15, 0.2) is 36.4 Å². The van der Waals surface area contributed by atoms with Gasteiger partial charge in [-0.25, -0.2) is 0 Å². The fourth-order valence-corrected chi connectivity index (χ4v) is 4.15. The molecule has 1 saturated carbocycles. The third-order valence-corrected chi connectivity index (χ3v) is 5.39. The number of carbonyl (C=O) groups excluding carboxylic acids is 1. The Hall–Kier alpha value is -2.11. The molecule has 5 heteroatoms. The maximum absolute atomic E-state index is 12.7. The molecule has 1 aliphatic heterocycles. The minimum absolute atomic E-state index is 0.0468. The Labute approximate surface area is 141 Å². The molecule has 2 aromatic carbocycles. The molecule has 0 bridgehead atoms. The maximum Gasteiger partial charge on any atom is 0.255 e. The number of amides is 1. The fourth-order valence-electron chi connectivity index (χ4n) is 4.15. The highest BCUT2D eigenvalue weighted by atomic mass is 16.5. The minimum Gasteiger partial charge on any atom is -0.506 e. The van der Waals surface area contributed by atoms with E-state index in [-0.39, 0.29) is 29.8 Å². The summed E-state index contributed by atoms with van der Waals surface area (Å²) in [5.41, 5.74) is 0.327. The monoisotopic (exact) mass is 326 g/mol. The topological polar surface area (TPSA) is 61.8 Å². The van der Waals surface area contributed by atoms with Crippen LogP contribution < -0.4 is 5.32 Å². The summed E-state index contributed by atoms with van der Waals surface area (Å²) in [6.45, 7) is 0.757. The quantitative estimate of drug-likeness (QED) is 0.905. The van der Waals surface area contributed by atoms with Crippen LogP contribution in [0.1, 0.15) is 16.8 Å². The number of fused-ring (bicyclic) bond motifs is 2. The lowest BCUT2D eigenvalue weighted by atomic mass is 9.71. The van der Waals surface area contributed by atoms with E-state index in [2.05, 4.69) is 10.2 Å². The predicted molar refractivity (Wildman–Crippen MR) is 92.2 cm³/mol. The van der Waals surface area contributed by atoms with Crippen molar-refractivity contribution < 1.29 is 14.6 Å². The standard InChI is InChI=1S/C19H22N2O3/c1-21(2)16-15(13-9-10-24-18(13)16)20-19(23)14-8-7-11-5-3-4-6-12(11)17(14)22/h3-8,13,15-16,18,22H,9-10H2,1-2H3,(H,20,23)/t13-,15+,16-,18-/m1/s1. The molecule has 1 saturated heterocycles. The van der Waals surface area contributed by atoms with E-state index in [1.807, 2.05) is 44.4 Å². The number of rotatable bonds is 3. The molecule has 2 fully saturated rings. The van der Waals surface area contributed by atoms with Gasteiger partial charge in [-0.3, -0.25) is 4.79 Å². The van der Waals surface area contributed by atoms with Gasteiger partial charge < -0.3 is 20.1 Å². The van der Waals surface area contributed by atoms with Crippen LogP contribution in [0, 0.1) is 5.92 Å². The Morgan fingerprint density at radius 1 is 1.25 bits per heavy atom. The van der Waals surface area contributed by atoms with Crippen molar-refractivity contribution >= 4 is 16.7 Å². The van der Waals surface area contributed by atoms with E-state index in [1.165, 1.54) is 0 Å². The number of aromatic hydroxyl groups is 1. The van der Waals surface area contributed by atoms with Crippen LogP contribution in [0.2, 0.25) is 0 Å². The normalized spacial score (nSPS) is 28.6. The van der Waals surface area contributed by atoms with Crippen LogP contribution >= 0.6 is 0 Å². The van der Waals surface area contributed by atoms with Crippen LogP contribution in [0.4, 0.5) is 0 Å². The Kier molecular flexibility index (Phi) is 3.70. The van der Waals surface area contributed by atoms with Gasteiger partial charge in [0.15, 0.2) is 0 Å². The molecule has 1 aliphatic carbocycles. The van der Waals surface area contributed by atoms with E-state index in [9.17, 15) is 9.90 Å². The lowest BCUT2D eigenvalue weighted by Gasteiger charge is -2.50. The zero-order chi connectivity index (χ0) is 16.8. The van der Waals surface area contributed by atoms with Gasteiger partial charge in [0.05, 0.1) is 23.8 Å². The number of hydrogen-bond donors (Lipinski definition) is 2. The van der Waals surface area contributed by atoms with Crippen LogP contribution in [0.3, 0.4) is 0 Å². The second kappa shape index (κ2) is 5.76. The van der Waals surface area contributed by atoms with E-state index < -0.39 is 0 Å². The van der Waals surface area contributed by atoms with Crippen LogP contribution in [-0.4, -0.2) is 54.8 Å². The third-order valence-electron chi connectivity index (χ3n) is 5.39. The number of ether oxygens (including phenoxy) is 1. The average Bonchev–Trinajstić information content (AvgIpc) is 2.96. The van der Waals surface area contributed by atoms with Crippen molar-refractivity contribution in [3.05, 3.63) is 42.0 Å². The van der Waals surface area contributed by atoms with Gasteiger partial charge in [-0.05, 0) is 32.0 Å². The van der Waals surface area contributed by atoms with Crippen molar-refractivity contribution in [1.82, 2.24) is 10.2 Å².